The first-order valence-electron chi connectivity index (χ1n) is 4.67. The van der Waals surface area contributed by atoms with Crippen molar-refractivity contribution in [2.24, 2.45) is 0 Å². The Hall–Kier alpha value is -1.24. The Morgan fingerprint density at radius 1 is 1.40 bits per heavy atom. The Morgan fingerprint density at radius 3 is 2.50 bits per heavy atom. The van der Waals surface area contributed by atoms with Gasteiger partial charge in [0.2, 0.25) is 0 Å². The quantitative estimate of drug-likeness (QED) is 0.624. The van der Waals surface area contributed by atoms with Crippen LogP contribution >= 0.6 is 15.9 Å². The second-order valence-electron chi connectivity index (χ2n) is 3.36. The molecule has 1 aromatic carbocycles. The Balaban J connectivity index is 3.03. The molecule has 20 heavy (non-hydrogen) atoms. The van der Waals surface area contributed by atoms with Gasteiger partial charge in [0.1, 0.15) is 0 Å². The summed E-state index contributed by atoms with van der Waals surface area (Å²) in [6, 6.07) is 2.98. The molecular formula is C8H6BrF3N2O5S. The van der Waals surface area contributed by atoms with Crippen LogP contribution in [-0.2, 0) is 14.9 Å². The average Bonchev–Trinajstić information content (AvgIpc) is 2.26. The highest BCUT2D eigenvalue weighted by Gasteiger charge is 2.31. The van der Waals surface area contributed by atoms with Crippen LogP contribution in [0.5, 0.6) is 0 Å². The lowest BCUT2D eigenvalue weighted by atomic mass is 10.3. The molecule has 0 amide bonds. The van der Waals surface area contributed by atoms with Crippen LogP contribution in [-0.4, -0.2) is 26.1 Å². The largest absolute Gasteiger partial charge is 0.413 e. The second kappa shape index (κ2) is 6.03. The van der Waals surface area contributed by atoms with Gasteiger partial charge >= 0.3 is 6.18 Å². The summed E-state index contributed by atoms with van der Waals surface area (Å²) >= 11 is 2.90. The van der Waals surface area contributed by atoms with Gasteiger partial charge in [0.25, 0.3) is 15.7 Å². The monoisotopic (exact) mass is 378 g/mol. The first kappa shape index (κ1) is 16.8. The number of hydrogen-bond acceptors (Lipinski definition) is 5. The van der Waals surface area contributed by atoms with Crippen LogP contribution in [0, 0.1) is 10.1 Å². The van der Waals surface area contributed by atoms with E-state index in [-0.39, 0.29) is 4.47 Å². The number of hydrogen-bond donors (Lipinski definition) is 1. The van der Waals surface area contributed by atoms with Gasteiger partial charge in [0.05, 0.1) is 4.92 Å². The summed E-state index contributed by atoms with van der Waals surface area (Å²) < 4.78 is 59.0. The molecule has 0 atom stereocenters. The van der Waals surface area contributed by atoms with Crippen molar-refractivity contribution in [3.05, 3.63) is 32.8 Å². The molecule has 0 aromatic heterocycles. The Morgan fingerprint density at radius 2 is 2.00 bits per heavy atom. The van der Waals surface area contributed by atoms with Crippen molar-refractivity contribution in [1.29, 1.82) is 0 Å². The van der Waals surface area contributed by atoms with E-state index in [9.17, 15) is 31.7 Å². The molecule has 0 bridgehead atoms. The van der Waals surface area contributed by atoms with Gasteiger partial charge in [-0.1, -0.05) is 20.8 Å². The van der Waals surface area contributed by atoms with Crippen molar-refractivity contribution in [2.45, 2.75) is 11.1 Å². The van der Waals surface area contributed by atoms with E-state index in [1.807, 2.05) is 0 Å². The molecule has 0 unspecified atom stereocenters. The van der Waals surface area contributed by atoms with Crippen LogP contribution in [0.2, 0.25) is 0 Å². The van der Waals surface area contributed by atoms with Gasteiger partial charge in [-0.25, -0.2) is 8.42 Å². The molecule has 0 radical (unpaired) electrons. The second-order valence-corrected chi connectivity index (χ2v) is 5.89. The molecule has 0 heterocycles. The first-order chi connectivity index (χ1) is 9.03. The third kappa shape index (κ3) is 4.70. The molecule has 1 aromatic rings. The zero-order valence-electron chi connectivity index (χ0n) is 9.35. The van der Waals surface area contributed by atoms with Crippen LogP contribution in [0.15, 0.2) is 27.6 Å². The summed E-state index contributed by atoms with van der Waals surface area (Å²) in [4.78, 5) is 13.9. The van der Waals surface area contributed by atoms with Gasteiger partial charge in [-0.2, -0.15) is 13.2 Å². The van der Waals surface area contributed by atoms with Crippen LogP contribution in [0.25, 0.3) is 0 Å². The number of nitro benzene ring substituents is 1. The summed E-state index contributed by atoms with van der Waals surface area (Å²) in [6.45, 7) is -1.87. The molecule has 0 aliphatic rings. The number of halogens is 4. The van der Waals surface area contributed by atoms with Gasteiger partial charge in [-0.15, -0.1) is 0 Å². The Kier molecular flexibility index (Phi) is 5.07. The van der Waals surface area contributed by atoms with Crippen LogP contribution in [0.3, 0.4) is 0 Å². The Labute approximate surface area is 119 Å². The number of benzene rings is 1. The number of rotatable bonds is 5. The van der Waals surface area contributed by atoms with Gasteiger partial charge in [0, 0.05) is 10.5 Å². The zero-order valence-corrected chi connectivity index (χ0v) is 11.8. The Bertz CT molecular complexity index is 619. The number of nitrogens with zero attached hydrogens (tertiary/aromatic N) is 1. The lowest BCUT2D eigenvalue weighted by Crippen LogP contribution is -2.30. The molecule has 0 saturated carbocycles. The normalized spacial score (nSPS) is 12.4. The van der Waals surface area contributed by atoms with E-state index in [4.69, 9.17) is 0 Å². The van der Waals surface area contributed by atoms with Crippen molar-refractivity contribution < 1.29 is 31.3 Å². The van der Waals surface area contributed by atoms with Crippen molar-refractivity contribution >= 4 is 31.6 Å². The van der Waals surface area contributed by atoms with E-state index in [1.165, 1.54) is 11.0 Å². The van der Waals surface area contributed by atoms with E-state index in [0.29, 0.717) is 0 Å². The fourth-order valence-electron chi connectivity index (χ4n) is 1.09. The minimum Gasteiger partial charge on any atom is -0.277 e. The molecule has 0 aliphatic heterocycles. The first-order valence-corrected chi connectivity index (χ1v) is 6.95. The summed E-state index contributed by atoms with van der Waals surface area (Å²) in [5.41, 5.74) is -0.795. The molecule has 112 valence electrons. The number of nitro groups is 1. The predicted octanol–water partition coefficient (Wildman–Crippen LogP) is 2.13. The number of nitrogens with one attached hydrogen (secondary N) is 1. The highest BCUT2D eigenvalue weighted by Crippen LogP contribution is 2.27. The molecule has 1 N–H and O–H groups in total. The number of alkyl halides is 3. The summed E-state index contributed by atoms with van der Waals surface area (Å²) in [5, 5.41) is 10.7. The third-order valence-corrected chi connectivity index (χ3v) is 3.55. The molecule has 1 rings (SSSR count). The molecule has 12 heteroatoms. The van der Waals surface area contributed by atoms with Crippen LogP contribution < -0.4 is 4.89 Å². The van der Waals surface area contributed by atoms with E-state index in [0.717, 1.165) is 12.1 Å². The minimum absolute atomic E-state index is 0.194. The molecule has 0 aliphatic carbocycles. The molecule has 0 spiro atoms. The van der Waals surface area contributed by atoms with E-state index in [1.54, 1.807) is 0 Å². The smallest absolute Gasteiger partial charge is 0.277 e. The lowest BCUT2D eigenvalue weighted by Gasteiger charge is -2.09. The van der Waals surface area contributed by atoms with Crippen molar-refractivity contribution in [3.63, 3.8) is 0 Å². The summed E-state index contributed by atoms with van der Waals surface area (Å²) in [7, 11) is -4.62. The van der Waals surface area contributed by atoms with Crippen molar-refractivity contribution in [1.82, 2.24) is 4.89 Å². The van der Waals surface area contributed by atoms with Crippen molar-refractivity contribution in [2.75, 3.05) is 6.61 Å². The molecule has 0 saturated heterocycles. The predicted molar refractivity (Wildman–Crippen MR) is 63.1 cm³/mol. The minimum atomic E-state index is -4.74. The maximum Gasteiger partial charge on any atom is 0.413 e. The highest BCUT2D eigenvalue weighted by molar-refractivity contribution is 9.10. The summed E-state index contributed by atoms with van der Waals surface area (Å²) in [6.07, 6.45) is -4.74. The fourth-order valence-corrected chi connectivity index (χ4v) is 2.60. The maximum absolute atomic E-state index is 11.8. The molecule has 7 nitrogen and oxygen atoms in total. The fraction of sp³-hybridized carbons (Fsp3) is 0.250. The molecule has 0 fully saturated rings. The van der Waals surface area contributed by atoms with Gasteiger partial charge in [-0.3, -0.25) is 15.0 Å². The standard InChI is InChI=1S/C8H6BrF3N2O5S/c9-5-1-2-6(14(15)16)7(3-5)20(17,18)13-19-4-8(10,11)12/h1-3,13H,4H2. The van der Waals surface area contributed by atoms with Crippen LogP contribution in [0.1, 0.15) is 0 Å². The van der Waals surface area contributed by atoms with Crippen molar-refractivity contribution in [3.8, 4) is 0 Å². The maximum atomic E-state index is 11.8. The van der Waals surface area contributed by atoms with Gasteiger partial charge < -0.3 is 0 Å². The topological polar surface area (TPSA) is 98.5 Å². The highest BCUT2D eigenvalue weighted by atomic mass is 79.9. The molecular weight excluding hydrogens is 373 g/mol. The number of sulfonamides is 1. The SMILES string of the molecule is O=[N+]([O-])c1ccc(Br)cc1S(=O)(=O)NOCC(F)(F)F. The van der Waals surface area contributed by atoms with Gasteiger partial charge in [-0.05, 0) is 12.1 Å². The van der Waals surface area contributed by atoms with Crippen LogP contribution in [0.4, 0.5) is 18.9 Å². The lowest BCUT2D eigenvalue weighted by molar-refractivity contribution is -0.387. The van der Waals surface area contributed by atoms with E-state index >= 15 is 0 Å². The average molecular weight is 379 g/mol. The summed E-state index contributed by atoms with van der Waals surface area (Å²) in [5.74, 6) is 0. The third-order valence-electron chi connectivity index (χ3n) is 1.81. The zero-order chi connectivity index (χ0) is 15.6. The van der Waals surface area contributed by atoms with E-state index in [2.05, 4.69) is 20.8 Å². The van der Waals surface area contributed by atoms with Gasteiger partial charge in [0.15, 0.2) is 11.5 Å². The van der Waals surface area contributed by atoms with E-state index < -0.39 is 38.3 Å².